The molecule has 8 heteroatoms. The first-order chi connectivity index (χ1) is 12.1. The molecule has 2 N–H and O–H groups in total. The molecular formula is C18H28FIN4OS. The van der Waals surface area contributed by atoms with Gasteiger partial charge in [-0.15, -0.1) is 24.0 Å². The van der Waals surface area contributed by atoms with Crippen molar-refractivity contribution in [2.24, 2.45) is 4.99 Å². The fourth-order valence-electron chi connectivity index (χ4n) is 2.76. The molecule has 1 aromatic carbocycles. The molecule has 1 unspecified atom stereocenters. The number of aliphatic imine (C=N–C) groups is 1. The molecule has 1 aliphatic heterocycles. The summed E-state index contributed by atoms with van der Waals surface area (Å²) in [4.78, 5) is 17.9. The minimum absolute atomic E-state index is 0. The van der Waals surface area contributed by atoms with E-state index in [0.29, 0.717) is 12.2 Å². The van der Waals surface area contributed by atoms with Gasteiger partial charge in [0.15, 0.2) is 5.96 Å². The number of amides is 1. The summed E-state index contributed by atoms with van der Waals surface area (Å²) < 4.78 is 13.5. The van der Waals surface area contributed by atoms with Gasteiger partial charge in [0, 0.05) is 50.7 Å². The molecule has 1 saturated heterocycles. The van der Waals surface area contributed by atoms with Crippen LogP contribution >= 0.6 is 35.7 Å². The molecule has 0 radical (unpaired) electrons. The lowest BCUT2D eigenvalue weighted by Gasteiger charge is -2.18. The van der Waals surface area contributed by atoms with E-state index in [0.717, 1.165) is 43.3 Å². The van der Waals surface area contributed by atoms with Crippen LogP contribution in [0.25, 0.3) is 0 Å². The van der Waals surface area contributed by atoms with E-state index in [4.69, 9.17) is 0 Å². The molecule has 0 aromatic heterocycles. The summed E-state index contributed by atoms with van der Waals surface area (Å²) in [5.41, 5.74) is 0.738. The van der Waals surface area contributed by atoms with E-state index in [1.807, 2.05) is 24.0 Å². The Hall–Kier alpha value is -1.03. The minimum Gasteiger partial charge on any atom is -0.356 e. The molecule has 1 aromatic rings. The number of benzene rings is 1. The zero-order valence-corrected chi connectivity index (χ0v) is 18.5. The maximum absolute atomic E-state index is 13.5. The monoisotopic (exact) mass is 494 g/mol. The van der Waals surface area contributed by atoms with E-state index in [2.05, 4.69) is 15.6 Å². The lowest BCUT2D eigenvalue weighted by atomic mass is 10.2. The number of nitrogens with one attached hydrogen (secondary N) is 2. The lowest BCUT2D eigenvalue weighted by Crippen LogP contribution is -2.45. The van der Waals surface area contributed by atoms with Crippen molar-refractivity contribution in [3.05, 3.63) is 35.6 Å². The van der Waals surface area contributed by atoms with Gasteiger partial charge >= 0.3 is 0 Å². The Balaban J connectivity index is 0.00000338. The van der Waals surface area contributed by atoms with E-state index in [1.54, 1.807) is 24.9 Å². The molecule has 2 rings (SSSR count). The van der Waals surface area contributed by atoms with Gasteiger partial charge < -0.3 is 15.5 Å². The molecule has 1 amide bonds. The van der Waals surface area contributed by atoms with Gasteiger partial charge in [-0.05, 0) is 18.1 Å². The van der Waals surface area contributed by atoms with Gasteiger partial charge in [0.05, 0.1) is 0 Å². The van der Waals surface area contributed by atoms with Gasteiger partial charge in [0.25, 0.3) is 0 Å². The van der Waals surface area contributed by atoms with Crippen molar-refractivity contribution in [2.75, 3.05) is 32.4 Å². The highest BCUT2D eigenvalue weighted by Gasteiger charge is 2.25. The molecule has 0 aliphatic carbocycles. The lowest BCUT2D eigenvalue weighted by molar-refractivity contribution is -0.129. The Kier molecular flexibility index (Phi) is 11.0. The first kappa shape index (κ1) is 23.0. The zero-order chi connectivity index (χ0) is 18.1. The number of nitrogens with zero attached hydrogens (tertiary/aromatic N) is 2. The van der Waals surface area contributed by atoms with Gasteiger partial charge in [-0.25, -0.2) is 4.39 Å². The van der Waals surface area contributed by atoms with Gasteiger partial charge in [-0.2, -0.15) is 11.8 Å². The second kappa shape index (κ2) is 12.4. The summed E-state index contributed by atoms with van der Waals surface area (Å²) in [5, 5.41) is 6.64. The fourth-order valence-corrected chi connectivity index (χ4v) is 3.60. The highest BCUT2D eigenvalue weighted by molar-refractivity contribution is 14.0. The van der Waals surface area contributed by atoms with Crippen molar-refractivity contribution >= 4 is 47.6 Å². The number of carbonyl (C=O) groups is 1. The number of hydrogen-bond acceptors (Lipinski definition) is 3. The smallest absolute Gasteiger partial charge is 0.222 e. The Labute approximate surface area is 176 Å². The van der Waals surface area contributed by atoms with Crippen LogP contribution in [0, 0.1) is 5.82 Å². The minimum atomic E-state index is -0.146. The summed E-state index contributed by atoms with van der Waals surface area (Å²) in [6.07, 6.45) is 1.49. The third kappa shape index (κ3) is 7.30. The molecule has 26 heavy (non-hydrogen) atoms. The van der Waals surface area contributed by atoms with Gasteiger partial charge in [-0.1, -0.05) is 25.1 Å². The van der Waals surface area contributed by atoms with Crippen LogP contribution in [0.5, 0.6) is 0 Å². The van der Waals surface area contributed by atoms with E-state index in [1.165, 1.54) is 6.07 Å². The average molecular weight is 494 g/mol. The van der Waals surface area contributed by atoms with Crippen LogP contribution in [-0.4, -0.2) is 55.2 Å². The Morgan fingerprint density at radius 3 is 2.88 bits per heavy atom. The second-order valence-corrected chi connectivity index (χ2v) is 7.07. The molecule has 0 saturated carbocycles. The van der Waals surface area contributed by atoms with Gasteiger partial charge in [0.2, 0.25) is 5.91 Å². The number of hydrogen-bond donors (Lipinski definition) is 2. The highest BCUT2D eigenvalue weighted by Crippen LogP contribution is 2.14. The number of guanidine groups is 1. The number of carbonyl (C=O) groups excluding carboxylic acids is 1. The summed E-state index contributed by atoms with van der Waals surface area (Å²) in [6.45, 7) is 4.18. The van der Waals surface area contributed by atoms with Crippen LogP contribution in [0.15, 0.2) is 29.3 Å². The molecule has 1 atom stereocenters. The van der Waals surface area contributed by atoms with Gasteiger partial charge in [-0.3, -0.25) is 9.79 Å². The molecule has 0 spiro atoms. The average Bonchev–Trinajstić information content (AvgIpc) is 3.09. The third-order valence-corrected chi connectivity index (χ3v) is 5.17. The van der Waals surface area contributed by atoms with Crippen LogP contribution in [0.3, 0.4) is 0 Å². The number of rotatable bonds is 7. The van der Waals surface area contributed by atoms with E-state index in [9.17, 15) is 9.18 Å². The van der Waals surface area contributed by atoms with Crippen molar-refractivity contribution in [3.63, 3.8) is 0 Å². The summed E-state index contributed by atoms with van der Waals surface area (Å²) in [6, 6.07) is 7.12. The number of halogens is 2. The largest absolute Gasteiger partial charge is 0.356 e. The third-order valence-electron chi connectivity index (χ3n) is 4.16. The molecule has 146 valence electrons. The second-order valence-electron chi connectivity index (χ2n) is 5.97. The van der Waals surface area contributed by atoms with Crippen molar-refractivity contribution < 1.29 is 9.18 Å². The van der Waals surface area contributed by atoms with E-state index >= 15 is 0 Å². The summed E-state index contributed by atoms with van der Waals surface area (Å²) in [5.74, 6) is 2.34. The van der Waals surface area contributed by atoms with Crippen LogP contribution in [0.1, 0.15) is 25.3 Å². The Morgan fingerprint density at radius 2 is 2.19 bits per heavy atom. The zero-order valence-electron chi connectivity index (χ0n) is 15.3. The molecule has 5 nitrogen and oxygen atoms in total. The summed E-state index contributed by atoms with van der Waals surface area (Å²) in [7, 11) is 1.74. The van der Waals surface area contributed by atoms with E-state index in [-0.39, 0.29) is 41.7 Å². The van der Waals surface area contributed by atoms with Crippen LogP contribution in [0.2, 0.25) is 0 Å². The first-order valence-electron chi connectivity index (χ1n) is 8.70. The van der Waals surface area contributed by atoms with E-state index < -0.39 is 0 Å². The number of thioether (sulfide) groups is 1. The normalized spacial score (nSPS) is 17.0. The standard InChI is InChI=1S/C18H27FN4OS.HI/c1-3-17(24)23-10-8-15(12-23)22-18(20-2)21-9-11-25-13-14-6-4-5-7-16(14)19;/h4-7,15H,3,8-13H2,1-2H3,(H2,20,21,22);1H. The van der Waals surface area contributed by atoms with Crippen molar-refractivity contribution in [3.8, 4) is 0 Å². The predicted molar refractivity (Wildman–Crippen MR) is 118 cm³/mol. The van der Waals surface area contributed by atoms with Crippen LogP contribution in [0.4, 0.5) is 4.39 Å². The fraction of sp³-hybridized carbons (Fsp3) is 0.556. The molecule has 1 heterocycles. The number of likely N-dealkylation sites (tertiary alicyclic amines) is 1. The first-order valence-corrected chi connectivity index (χ1v) is 9.85. The predicted octanol–water partition coefficient (Wildman–Crippen LogP) is 2.85. The van der Waals surface area contributed by atoms with Crippen molar-refractivity contribution in [1.29, 1.82) is 0 Å². The highest BCUT2D eigenvalue weighted by atomic mass is 127. The molecule has 0 bridgehead atoms. The topological polar surface area (TPSA) is 56.7 Å². The maximum Gasteiger partial charge on any atom is 0.222 e. The molecule has 1 fully saturated rings. The molecular weight excluding hydrogens is 466 g/mol. The molecule has 1 aliphatic rings. The van der Waals surface area contributed by atoms with Crippen molar-refractivity contribution in [2.45, 2.75) is 31.6 Å². The quantitative estimate of drug-likeness (QED) is 0.265. The maximum atomic E-state index is 13.5. The van der Waals surface area contributed by atoms with Crippen LogP contribution < -0.4 is 10.6 Å². The van der Waals surface area contributed by atoms with Gasteiger partial charge in [0.1, 0.15) is 5.82 Å². The SMILES string of the molecule is CCC(=O)N1CCC(NC(=NC)NCCSCc2ccccc2F)C1.I. The van der Waals surface area contributed by atoms with Crippen LogP contribution in [-0.2, 0) is 10.5 Å². The van der Waals surface area contributed by atoms with Crippen molar-refractivity contribution in [1.82, 2.24) is 15.5 Å². The summed E-state index contributed by atoms with van der Waals surface area (Å²) >= 11 is 1.68. The Morgan fingerprint density at radius 1 is 1.42 bits per heavy atom. The Bertz CT molecular complexity index is 602.